The first kappa shape index (κ1) is 12.3. The molecule has 0 aliphatic heterocycles. The van der Waals surface area contributed by atoms with Gasteiger partial charge >= 0.3 is 0 Å². The summed E-state index contributed by atoms with van der Waals surface area (Å²) >= 11 is 10.0. The molecule has 2 heteroatoms. The van der Waals surface area contributed by atoms with Gasteiger partial charge in [-0.15, -0.1) is 11.6 Å². The number of rotatable bonds is 2. The van der Waals surface area contributed by atoms with E-state index >= 15 is 0 Å². The topological polar surface area (TPSA) is 0 Å². The van der Waals surface area contributed by atoms with E-state index in [9.17, 15) is 0 Å². The number of hydrogen-bond donors (Lipinski definition) is 0. The maximum atomic E-state index is 6.58. The molecule has 1 aliphatic carbocycles. The highest BCUT2D eigenvalue weighted by Gasteiger charge is 2.30. The molecule has 0 fully saturated rings. The quantitative estimate of drug-likeness (QED) is 0.672. The Bertz CT molecular complexity index is 547. The average molecular weight is 322 g/mol. The molecule has 2 atom stereocenters. The molecule has 0 saturated heterocycles. The minimum absolute atomic E-state index is 0.157. The van der Waals surface area contributed by atoms with Crippen LogP contribution in [-0.4, -0.2) is 0 Å². The second-order valence-corrected chi connectivity index (χ2v) is 6.28. The third kappa shape index (κ3) is 2.34. The molecule has 0 N–H and O–H groups in total. The molecule has 0 bridgehead atoms. The SMILES string of the molecule is ClC1c2ccccc2CC1Cc1ccc(Br)cc1. The summed E-state index contributed by atoms with van der Waals surface area (Å²) in [5, 5.41) is 0.157. The van der Waals surface area contributed by atoms with Crippen LogP contribution in [0.2, 0.25) is 0 Å². The standard InChI is InChI=1S/C16H14BrCl/c17-14-7-5-11(6-8-14)9-13-10-12-3-1-2-4-15(12)16(13)18/h1-8,13,16H,9-10H2. The van der Waals surface area contributed by atoms with Gasteiger partial charge in [-0.25, -0.2) is 0 Å². The maximum absolute atomic E-state index is 6.58. The van der Waals surface area contributed by atoms with E-state index in [1.165, 1.54) is 16.7 Å². The van der Waals surface area contributed by atoms with E-state index in [1.54, 1.807) is 0 Å². The van der Waals surface area contributed by atoms with Crippen LogP contribution in [-0.2, 0) is 12.8 Å². The second-order valence-electron chi connectivity index (χ2n) is 4.90. The lowest BCUT2D eigenvalue weighted by molar-refractivity contribution is 0.543. The van der Waals surface area contributed by atoms with E-state index in [0.717, 1.165) is 17.3 Å². The number of halogens is 2. The molecule has 0 amide bonds. The fraction of sp³-hybridized carbons (Fsp3) is 0.250. The Labute approximate surface area is 121 Å². The summed E-state index contributed by atoms with van der Waals surface area (Å²) in [4.78, 5) is 0. The Balaban J connectivity index is 1.78. The summed E-state index contributed by atoms with van der Waals surface area (Å²) in [6.45, 7) is 0. The van der Waals surface area contributed by atoms with Crippen LogP contribution in [0.3, 0.4) is 0 Å². The molecule has 2 unspecified atom stereocenters. The van der Waals surface area contributed by atoms with E-state index in [4.69, 9.17) is 11.6 Å². The zero-order chi connectivity index (χ0) is 12.5. The molecule has 0 spiro atoms. The first-order valence-electron chi connectivity index (χ1n) is 6.20. The van der Waals surface area contributed by atoms with Crippen molar-refractivity contribution in [3.63, 3.8) is 0 Å². The zero-order valence-electron chi connectivity index (χ0n) is 9.94. The molecule has 0 aromatic heterocycles. The van der Waals surface area contributed by atoms with Gasteiger partial charge in [-0.1, -0.05) is 52.3 Å². The van der Waals surface area contributed by atoms with Crippen LogP contribution >= 0.6 is 27.5 Å². The van der Waals surface area contributed by atoms with Crippen molar-refractivity contribution in [3.8, 4) is 0 Å². The van der Waals surface area contributed by atoms with Gasteiger partial charge in [0, 0.05) is 4.47 Å². The van der Waals surface area contributed by atoms with Gasteiger partial charge in [0.25, 0.3) is 0 Å². The Morgan fingerprint density at radius 3 is 2.50 bits per heavy atom. The lowest BCUT2D eigenvalue weighted by Crippen LogP contribution is -2.06. The van der Waals surface area contributed by atoms with E-state index in [1.807, 2.05) is 0 Å². The summed E-state index contributed by atoms with van der Waals surface area (Å²) in [5.74, 6) is 0.519. The highest BCUT2D eigenvalue weighted by Crippen LogP contribution is 2.42. The minimum Gasteiger partial charge on any atom is -0.117 e. The fourth-order valence-corrected chi connectivity index (χ4v) is 3.38. The van der Waals surface area contributed by atoms with Gasteiger partial charge in [0.05, 0.1) is 5.38 Å². The van der Waals surface area contributed by atoms with Crippen molar-refractivity contribution < 1.29 is 0 Å². The van der Waals surface area contributed by atoms with Crippen molar-refractivity contribution in [2.75, 3.05) is 0 Å². The first-order valence-corrected chi connectivity index (χ1v) is 7.43. The average Bonchev–Trinajstić information content (AvgIpc) is 2.70. The first-order chi connectivity index (χ1) is 8.74. The molecule has 2 aromatic carbocycles. The van der Waals surface area contributed by atoms with Crippen molar-refractivity contribution in [2.24, 2.45) is 5.92 Å². The van der Waals surface area contributed by atoms with Gasteiger partial charge in [-0.3, -0.25) is 0 Å². The van der Waals surface area contributed by atoms with E-state index in [2.05, 4.69) is 64.5 Å². The van der Waals surface area contributed by atoms with E-state index in [0.29, 0.717) is 5.92 Å². The third-order valence-corrected chi connectivity index (χ3v) is 4.78. The number of hydrogen-bond acceptors (Lipinski definition) is 0. The predicted molar refractivity (Wildman–Crippen MR) is 80.1 cm³/mol. The van der Waals surface area contributed by atoms with Crippen molar-refractivity contribution in [1.29, 1.82) is 0 Å². The van der Waals surface area contributed by atoms with Gasteiger partial charge in [0.2, 0.25) is 0 Å². The molecule has 92 valence electrons. The van der Waals surface area contributed by atoms with Gasteiger partial charge in [0.1, 0.15) is 0 Å². The molecule has 3 rings (SSSR count). The molecule has 0 nitrogen and oxygen atoms in total. The van der Waals surface area contributed by atoms with Crippen LogP contribution in [0.1, 0.15) is 22.1 Å². The third-order valence-electron chi connectivity index (χ3n) is 3.66. The Morgan fingerprint density at radius 2 is 1.78 bits per heavy atom. The van der Waals surface area contributed by atoms with Crippen LogP contribution in [0.15, 0.2) is 53.0 Å². The molecule has 1 aliphatic rings. The summed E-state index contributed by atoms with van der Waals surface area (Å²) in [6.07, 6.45) is 2.15. The summed E-state index contributed by atoms with van der Waals surface area (Å²) in [7, 11) is 0. The fourth-order valence-electron chi connectivity index (χ4n) is 2.73. The largest absolute Gasteiger partial charge is 0.117 e. The smallest absolute Gasteiger partial charge is 0.0622 e. The number of fused-ring (bicyclic) bond motifs is 1. The van der Waals surface area contributed by atoms with E-state index in [-0.39, 0.29) is 5.38 Å². The summed E-state index contributed by atoms with van der Waals surface area (Å²) < 4.78 is 1.13. The molecule has 0 saturated carbocycles. The van der Waals surface area contributed by atoms with Crippen LogP contribution < -0.4 is 0 Å². The monoisotopic (exact) mass is 320 g/mol. The van der Waals surface area contributed by atoms with Crippen LogP contribution in [0.5, 0.6) is 0 Å². The zero-order valence-corrected chi connectivity index (χ0v) is 12.3. The molecule has 0 radical (unpaired) electrons. The van der Waals surface area contributed by atoms with Gasteiger partial charge in [-0.2, -0.15) is 0 Å². The highest BCUT2D eigenvalue weighted by molar-refractivity contribution is 9.10. The van der Waals surface area contributed by atoms with Crippen molar-refractivity contribution in [1.82, 2.24) is 0 Å². The van der Waals surface area contributed by atoms with Crippen molar-refractivity contribution in [2.45, 2.75) is 18.2 Å². The van der Waals surface area contributed by atoms with Crippen LogP contribution in [0.4, 0.5) is 0 Å². The van der Waals surface area contributed by atoms with Gasteiger partial charge in [0.15, 0.2) is 0 Å². The van der Waals surface area contributed by atoms with Crippen molar-refractivity contribution >= 4 is 27.5 Å². The van der Waals surface area contributed by atoms with Crippen molar-refractivity contribution in [3.05, 3.63) is 69.7 Å². The lowest BCUT2D eigenvalue weighted by atomic mass is 9.96. The van der Waals surface area contributed by atoms with Gasteiger partial charge < -0.3 is 0 Å². The summed E-state index contributed by atoms with van der Waals surface area (Å²) in [6, 6.07) is 17.1. The Hall–Kier alpha value is -0.790. The highest BCUT2D eigenvalue weighted by atomic mass is 79.9. The second kappa shape index (κ2) is 5.07. The Morgan fingerprint density at radius 1 is 1.06 bits per heavy atom. The number of alkyl halides is 1. The van der Waals surface area contributed by atoms with Crippen LogP contribution in [0.25, 0.3) is 0 Å². The molecular formula is C16H14BrCl. The minimum atomic E-state index is 0.157. The van der Waals surface area contributed by atoms with Crippen LogP contribution in [0, 0.1) is 5.92 Å². The normalized spacial score (nSPS) is 21.9. The maximum Gasteiger partial charge on any atom is 0.0622 e. The Kier molecular flexibility index (Phi) is 3.45. The number of benzene rings is 2. The summed E-state index contributed by atoms with van der Waals surface area (Å²) in [5.41, 5.74) is 4.10. The van der Waals surface area contributed by atoms with E-state index < -0.39 is 0 Å². The van der Waals surface area contributed by atoms with Gasteiger partial charge in [-0.05, 0) is 47.6 Å². The molecule has 2 aromatic rings. The molecule has 18 heavy (non-hydrogen) atoms. The molecular weight excluding hydrogens is 308 g/mol. The predicted octanol–water partition coefficient (Wildman–Crippen LogP) is 5.14. The molecule has 0 heterocycles. The lowest BCUT2D eigenvalue weighted by Gasteiger charge is -2.14.